The molecular formula is C14H16N2O8. The highest BCUT2D eigenvalue weighted by molar-refractivity contribution is 5.77. The maximum Gasteiger partial charge on any atom is 0.310 e. The summed E-state index contributed by atoms with van der Waals surface area (Å²) < 4.78 is 9.46. The van der Waals surface area contributed by atoms with E-state index in [-0.39, 0.29) is 24.3 Å². The van der Waals surface area contributed by atoms with Gasteiger partial charge in [-0.3, -0.25) is 29.8 Å². The summed E-state index contributed by atoms with van der Waals surface area (Å²) in [6.07, 6.45) is -0.865. The zero-order valence-electron chi connectivity index (χ0n) is 13.1. The molecule has 0 saturated carbocycles. The molecule has 0 amide bonds. The van der Waals surface area contributed by atoms with Crippen LogP contribution in [-0.2, 0) is 31.9 Å². The Kier molecular flexibility index (Phi) is 6.78. The van der Waals surface area contributed by atoms with Crippen molar-refractivity contribution in [3.63, 3.8) is 0 Å². The van der Waals surface area contributed by atoms with E-state index in [2.05, 4.69) is 0 Å². The van der Waals surface area contributed by atoms with E-state index in [1.54, 1.807) is 13.8 Å². The summed E-state index contributed by atoms with van der Waals surface area (Å²) in [6, 6.07) is 1.84. The number of nitro groups is 2. The van der Waals surface area contributed by atoms with Gasteiger partial charge in [-0.1, -0.05) is 0 Å². The first kappa shape index (κ1) is 19.0. The molecule has 0 N–H and O–H groups in total. The van der Waals surface area contributed by atoms with Crippen LogP contribution in [0.4, 0.5) is 11.4 Å². The lowest BCUT2D eigenvalue weighted by Gasteiger charge is -2.08. The van der Waals surface area contributed by atoms with Crippen LogP contribution in [-0.4, -0.2) is 35.0 Å². The summed E-state index contributed by atoms with van der Waals surface area (Å²) in [4.78, 5) is 43.7. The predicted molar refractivity (Wildman–Crippen MR) is 80.4 cm³/mol. The second-order valence-corrected chi connectivity index (χ2v) is 4.59. The first-order valence-corrected chi connectivity index (χ1v) is 7.05. The summed E-state index contributed by atoms with van der Waals surface area (Å²) in [6.45, 7) is 3.34. The second-order valence-electron chi connectivity index (χ2n) is 4.59. The maximum absolute atomic E-state index is 11.6. The molecule has 10 nitrogen and oxygen atoms in total. The van der Waals surface area contributed by atoms with Gasteiger partial charge < -0.3 is 9.47 Å². The largest absolute Gasteiger partial charge is 0.466 e. The van der Waals surface area contributed by atoms with Crippen LogP contribution >= 0.6 is 0 Å². The molecule has 0 fully saturated rings. The molecule has 0 unspecified atom stereocenters. The monoisotopic (exact) mass is 340 g/mol. The summed E-state index contributed by atoms with van der Waals surface area (Å²) in [5, 5.41) is 22.2. The van der Waals surface area contributed by atoms with E-state index in [0.717, 1.165) is 12.1 Å². The minimum Gasteiger partial charge on any atom is -0.466 e. The standard InChI is InChI=1S/C14H16N2O8/c1-3-23-13(17)6-9-5-10(7-14(18)24-4-2)12(16(21)22)8-11(9)15(19)20/h5,8H,3-4,6-7H2,1-2H3. The number of hydrogen-bond acceptors (Lipinski definition) is 8. The van der Waals surface area contributed by atoms with Gasteiger partial charge in [0, 0.05) is 11.1 Å². The van der Waals surface area contributed by atoms with E-state index in [0.29, 0.717) is 0 Å². The molecule has 130 valence electrons. The van der Waals surface area contributed by atoms with E-state index in [1.165, 1.54) is 0 Å². The third-order valence-electron chi connectivity index (χ3n) is 2.95. The summed E-state index contributed by atoms with van der Waals surface area (Å²) in [5.74, 6) is -1.42. The van der Waals surface area contributed by atoms with Crippen molar-refractivity contribution in [3.05, 3.63) is 43.5 Å². The van der Waals surface area contributed by atoms with Crippen LogP contribution in [0.15, 0.2) is 12.1 Å². The van der Waals surface area contributed by atoms with Crippen molar-refractivity contribution in [3.8, 4) is 0 Å². The fraction of sp³-hybridized carbons (Fsp3) is 0.429. The number of benzene rings is 1. The molecule has 1 rings (SSSR count). The Balaban J connectivity index is 3.34. The van der Waals surface area contributed by atoms with Crippen molar-refractivity contribution in [2.45, 2.75) is 26.7 Å². The molecule has 10 heteroatoms. The van der Waals surface area contributed by atoms with Crippen LogP contribution in [0.2, 0.25) is 0 Å². The number of carbonyl (C=O) groups excluding carboxylic acids is 2. The van der Waals surface area contributed by atoms with Gasteiger partial charge in [0.25, 0.3) is 11.4 Å². The highest BCUT2D eigenvalue weighted by Gasteiger charge is 2.27. The number of nitro benzene ring substituents is 2. The van der Waals surface area contributed by atoms with Gasteiger partial charge in [0.2, 0.25) is 0 Å². The Labute approximate surface area is 136 Å². The van der Waals surface area contributed by atoms with Gasteiger partial charge in [-0.2, -0.15) is 0 Å². The first-order valence-electron chi connectivity index (χ1n) is 7.05. The van der Waals surface area contributed by atoms with Crippen molar-refractivity contribution in [2.75, 3.05) is 13.2 Å². The second kappa shape index (κ2) is 8.56. The van der Waals surface area contributed by atoms with Crippen LogP contribution in [0, 0.1) is 20.2 Å². The predicted octanol–water partition coefficient (Wildman–Crippen LogP) is 1.71. The van der Waals surface area contributed by atoms with E-state index in [9.17, 15) is 29.8 Å². The molecule has 0 aliphatic heterocycles. The highest BCUT2D eigenvalue weighted by Crippen LogP contribution is 2.30. The minimum absolute atomic E-state index is 0.0663. The van der Waals surface area contributed by atoms with Gasteiger partial charge in [-0.05, 0) is 19.9 Å². The SMILES string of the molecule is CCOC(=O)Cc1cc(CC(=O)OCC)c([N+](=O)[O-])cc1[N+](=O)[O-]. The van der Waals surface area contributed by atoms with Gasteiger partial charge in [0.1, 0.15) is 0 Å². The molecule has 1 aromatic rings. The summed E-state index contributed by atoms with van der Waals surface area (Å²) >= 11 is 0. The normalized spacial score (nSPS) is 10.1. The zero-order chi connectivity index (χ0) is 18.3. The number of carbonyl (C=O) groups is 2. The van der Waals surface area contributed by atoms with Crippen molar-refractivity contribution < 1.29 is 28.9 Å². The number of esters is 2. The third kappa shape index (κ3) is 5.00. The van der Waals surface area contributed by atoms with Crippen LogP contribution in [0.25, 0.3) is 0 Å². The van der Waals surface area contributed by atoms with Crippen LogP contribution < -0.4 is 0 Å². The van der Waals surface area contributed by atoms with Gasteiger partial charge in [-0.15, -0.1) is 0 Å². The van der Waals surface area contributed by atoms with Crippen LogP contribution in [0.3, 0.4) is 0 Å². The Morgan fingerprint density at radius 2 is 1.25 bits per heavy atom. The fourth-order valence-corrected chi connectivity index (χ4v) is 2.03. The lowest BCUT2D eigenvalue weighted by atomic mass is 10.0. The number of hydrogen-bond donors (Lipinski definition) is 0. The smallest absolute Gasteiger partial charge is 0.310 e. The number of nitrogens with zero attached hydrogens (tertiary/aromatic N) is 2. The first-order chi connectivity index (χ1) is 11.3. The summed E-state index contributed by atoms with van der Waals surface area (Å²) in [5.41, 5.74) is -1.29. The zero-order valence-corrected chi connectivity index (χ0v) is 13.1. The molecule has 24 heavy (non-hydrogen) atoms. The molecule has 0 atom stereocenters. The van der Waals surface area contributed by atoms with Gasteiger partial charge >= 0.3 is 11.9 Å². The minimum atomic E-state index is -0.824. The molecule has 0 heterocycles. The van der Waals surface area contributed by atoms with Crippen LogP contribution in [0.5, 0.6) is 0 Å². The van der Waals surface area contributed by atoms with Crippen molar-refractivity contribution in [1.29, 1.82) is 0 Å². The molecule has 0 bridgehead atoms. The maximum atomic E-state index is 11.6. The van der Waals surface area contributed by atoms with Crippen molar-refractivity contribution >= 4 is 23.3 Å². The topological polar surface area (TPSA) is 139 Å². The fourth-order valence-electron chi connectivity index (χ4n) is 2.03. The number of ether oxygens (including phenoxy) is 2. The average Bonchev–Trinajstić information content (AvgIpc) is 2.47. The Bertz CT molecular complexity index is 618. The van der Waals surface area contributed by atoms with Crippen LogP contribution in [0.1, 0.15) is 25.0 Å². The van der Waals surface area contributed by atoms with E-state index >= 15 is 0 Å². The Morgan fingerprint density at radius 1 is 0.875 bits per heavy atom. The van der Waals surface area contributed by atoms with Gasteiger partial charge in [0.15, 0.2) is 0 Å². The highest BCUT2D eigenvalue weighted by atomic mass is 16.6. The molecule has 0 aliphatic rings. The molecule has 0 aliphatic carbocycles. The quantitative estimate of drug-likeness (QED) is 0.396. The molecular weight excluding hydrogens is 324 g/mol. The molecule has 0 aromatic heterocycles. The molecule has 0 saturated heterocycles. The van der Waals surface area contributed by atoms with Crippen molar-refractivity contribution in [1.82, 2.24) is 0 Å². The molecule has 0 radical (unpaired) electrons. The molecule has 0 spiro atoms. The Hall–Kier alpha value is -3.04. The third-order valence-corrected chi connectivity index (χ3v) is 2.95. The van der Waals surface area contributed by atoms with E-state index in [1.807, 2.05) is 0 Å². The van der Waals surface area contributed by atoms with E-state index < -0.39 is 46.0 Å². The Morgan fingerprint density at radius 3 is 1.54 bits per heavy atom. The molecule has 1 aromatic carbocycles. The lowest BCUT2D eigenvalue weighted by Crippen LogP contribution is -2.13. The summed E-state index contributed by atoms with van der Waals surface area (Å²) in [7, 11) is 0. The van der Waals surface area contributed by atoms with E-state index in [4.69, 9.17) is 9.47 Å². The average molecular weight is 340 g/mol. The number of rotatable bonds is 8. The van der Waals surface area contributed by atoms with Gasteiger partial charge in [0.05, 0.1) is 42.0 Å². The van der Waals surface area contributed by atoms with Crippen molar-refractivity contribution in [2.24, 2.45) is 0 Å². The lowest BCUT2D eigenvalue weighted by molar-refractivity contribution is -0.395. The van der Waals surface area contributed by atoms with Gasteiger partial charge in [-0.25, -0.2) is 0 Å².